The maximum absolute atomic E-state index is 4.64. The highest BCUT2D eigenvalue weighted by molar-refractivity contribution is 7.91. The van der Waals surface area contributed by atoms with Crippen molar-refractivity contribution in [3.05, 3.63) is 0 Å². The van der Waals surface area contributed by atoms with Gasteiger partial charge in [0.25, 0.3) is 0 Å². The van der Waals surface area contributed by atoms with E-state index in [9.17, 15) is 0 Å². The summed E-state index contributed by atoms with van der Waals surface area (Å²) >= 11 is 4.64. The maximum Gasteiger partial charge on any atom is 0.0317 e. The lowest BCUT2D eigenvalue weighted by Crippen LogP contribution is -2.15. The number of hydrogen-bond acceptors (Lipinski definition) is 1. The molecule has 0 spiro atoms. The van der Waals surface area contributed by atoms with Gasteiger partial charge in [-0.25, -0.2) is 0 Å². The van der Waals surface area contributed by atoms with Crippen LogP contribution in [-0.4, -0.2) is 17.8 Å². The van der Waals surface area contributed by atoms with E-state index in [-0.39, 0.29) is 7.92 Å². The Labute approximate surface area is 65.6 Å². The highest BCUT2D eigenvalue weighted by Crippen LogP contribution is 2.50. The van der Waals surface area contributed by atoms with Crippen molar-refractivity contribution in [2.45, 2.75) is 31.2 Å². The highest BCUT2D eigenvalue weighted by Gasteiger charge is 2.23. The Bertz CT molecular complexity index is 77.0. The van der Waals surface area contributed by atoms with Gasteiger partial charge < -0.3 is 0 Å². The van der Waals surface area contributed by atoms with Gasteiger partial charge >= 0.3 is 0 Å². The molecule has 0 aromatic carbocycles. The lowest BCUT2D eigenvalue weighted by Gasteiger charge is -2.30. The number of rotatable bonds is 3. The van der Waals surface area contributed by atoms with Gasteiger partial charge in [0.05, 0.1) is 0 Å². The second-order valence-electron chi connectivity index (χ2n) is 2.58. The molecule has 0 saturated carbocycles. The Hall–Kier alpha value is 0.780. The van der Waals surface area contributed by atoms with Gasteiger partial charge in [-0.3, -0.25) is 0 Å². The third kappa shape index (κ3) is 2.47. The highest BCUT2D eigenvalue weighted by atomic mass is 32.1. The van der Waals surface area contributed by atoms with Gasteiger partial charge in [0.2, 0.25) is 0 Å². The molecule has 56 valence electrons. The summed E-state index contributed by atoms with van der Waals surface area (Å²) in [7, 11) is 0.118. The van der Waals surface area contributed by atoms with Crippen LogP contribution in [0.15, 0.2) is 0 Å². The third-order valence-corrected chi connectivity index (χ3v) is 6.09. The fourth-order valence-corrected chi connectivity index (χ4v) is 2.15. The van der Waals surface area contributed by atoms with E-state index in [0.29, 0.717) is 4.49 Å². The first-order valence-electron chi connectivity index (χ1n) is 3.46. The summed E-state index contributed by atoms with van der Waals surface area (Å²) in [5.41, 5.74) is 0. The zero-order valence-corrected chi connectivity index (χ0v) is 8.60. The van der Waals surface area contributed by atoms with Gasteiger partial charge in [-0.05, 0) is 26.2 Å². The van der Waals surface area contributed by atoms with Crippen LogP contribution >= 0.6 is 20.6 Å². The van der Waals surface area contributed by atoms with Gasteiger partial charge in [-0.2, -0.15) is 12.6 Å². The molecular formula is C7H17PS. The minimum absolute atomic E-state index is 0.118. The second kappa shape index (κ2) is 3.83. The molecule has 0 N–H and O–H groups in total. The fraction of sp³-hybridized carbons (Fsp3) is 1.00. The topological polar surface area (TPSA) is 0 Å². The van der Waals surface area contributed by atoms with Crippen LogP contribution < -0.4 is 0 Å². The predicted octanol–water partition coefficient (Wildman–Crippen LogP) is 3.17. The summed E-state index contributed by atoms with van der Waals surface area (Å²) < 4.78 is 0.343. The first-order valence-corrected chi connectivity index (χ1v) is 6.15. The SMILES string of the molecule is CCC(S)(CC)P(C)C. The van der Waals surface area contributed by atoms with Crippen LogP contribution in [0.1, 0.15) is 26.7 Å². The lowest BCUT2D eigenvalue weighted by atomic mass is 10.2. The van der Waals surface area contributed by atoms with E-state index in [1.54, 1.807) is 0 Å². The van der Waals surface area contributed by atoms with Gasteiger partial charge in [-0.15, -0.1) is 0 Å². The van der Waals surface area contributed by atoms with E-state index in [2.05, 4.69) is 39.8 Å². The van der Waals surface area contributed by atoms with E-state index in [1.165, 1.54) is 12.8 Å². The standard InChI is InChI=1S/C7H17PS/c1-5-7(9,6-2)8(3)4/h9H,5-6H2,1-4H3. The normalized spacial score (nSPS) is 12.7. The molecule has 0 saturated heterocycles. The largest absolute Gasteiger partial charge is 0.168 e. The molecule has 0 nitrogen and oxygen atoms in total. The molecule has 0 atom stereocenters. The van der Waals surface area contributed by atoms with E-state index in [4.69, 9.17) is 0 Å². The van der Waals surface area contributed by atoms with Crippen molar-refractivity contribution < 1.29 is 0 Å². The fourth-order valence-electron chi connectivity index (χ4n) is 0.882. The van der Waals surface area contributed by atoms with Crippen molar-refractivity contribution in [1.29, 1.82) is 0 Å². The van der Waals surface area contributed by atoms with Crippen LogP contribution in [-0.2, 0) is 0 Å². The monoisotopic (exact) mass is 164 g/mol. The van der Waals surface area contributed by atoms with Crippen LogP contribution in [0.25, 0.3) is 0 Å². The summed E-state index contributed by atoms with van der Waals surface area (Å²) in [5.74, 6) is 0. The Morgan fingerprint density at radius 3 is 1.56 bits per heavy atom. The van der Waals surface area contributed by atoms with E-state index >= 15 is 0 Å². The quantitative estimate of drug-likeness (QED) is 0.480. The lowest BCUT2D eigenvalue weighted by molar-refractivity contribution is 0.734. The van der Waals surface area contributed by atoms with Crippen molar-refractivity contribution in [2.75, 3.05) is 13.3 Å². The smallest absolute Gasteiger partial charge is 0.0317 e. The summed E-state index contributed by atoms with van der Waals surface area (Å²) in [5, 5.41) is 0. The van der Waals surface area contributed by atoms with E-state index in [0.717, 1.165) is 0 Å². The Balaban J connectivity index is 3.92. The molecule has 2 heteroatoms. The molecule has 0 aliphatic heterocycles. The molecule has 0 aromatic heterocycles. The summed E-state index contributed by atoms with van der Waals surface area (Å²) in [4.78, 5) is 0. The average Bonchev–Trinajstić information content (AvgIpc) is 1.86. The Kier molecular flexibility index (Phi) is 4.16. The predicted molar refractivity (Wildman–Crippen MR) is 51.1 cm³/mol. The zero-order valence-electron chi connectivity index (χ0n) is 6.81. The molecule has 9 heavy (non-hydrogen) atoms. The van der Waals surface area contributed by atoms with E-state index in [1.807, 2.05) is 0 Å². The average molecular weight is 164 g/mol. The number of thiol groups is 1. The van der Waals surface area contributed by atoms with Crippen LogP contribution in [0.3, 0.4) is 0 Å². The molecule has 0 aliphatic rings. The molecule has 0 aliphatic carbocycles. The van der Waals surface area contributed by atoms with Crippen LogP contribution in [0.2, 0.25) is 0 Å². The van der Waals surface area contributed by atoms with Gasteiger partial charge in [0.15, 0.2) is 0 Å². The Morgan fingerprint density at radius 2 is 1.56 bits per heavy atom. The molecule has 0 amide bonds. The molecular weight excluding hydrogens is 147 g/mol. The zero-order chi connectivity index (χ0) is 7.49. The van der Waals surface area contributed by atoms with E-state index < -0.39 is 0 Å². The summed E-state index contributed by atoms with van der Waals surface area (Å²) in [6.45, 7) is 9.04. The molecule has 0 heterocycles. The minimum Gasteiger partial charge on any atom is -0.168 e. The molecule has 0 aromatic rings. The van der Waals surface area contributed by atoms with Gasteiger partial charge in [-0.1, -0.05) is 21.8 Å². The molecule has 0 bridgehead atoms. The summed E-state index contributed by atoms with van der Waals surface area (Å²) in [6, 6.07) is 0. The van der Waals surface area contributed by atoms with Crippen molar-refractivity contribution >= 4 is 20.6 Å². The Morgan fingerprint density at radius 1 is 1.22 bits per heavy atom. The van der Waals surface area contributed by atoms with Crippen molar-refractivity contribution in [2.24, 2.45) is 0 Å². The van der Waals surface area contributed by atoms with Crippen LogP contribution in [0, 0.1) is 0 Å². The molecule has 0 radical (unpaired) electrons. The van der Waals surface area contributed by atoms with Crippen LogP contribution in [0.4, 0.5) is 0 Å². The first kappa shape index (κ1) is 9.78. The second-order valence-corrected chi connectivity index (χ2v) is 6.44. The van der Waals surface area contributed by atoms with Crippen molar-refractivity contribution in [3.8, 4) is 0 Å². The third-order valence-electron chi connectivity index (χ3n) is 1.96. The van der Waals surface area contributed by atoms with Crippen molar-refractivity contribution in [1.82, 2.24) is 0 Å². The minimum atomic E-state index is 0.118. The van der Waals surface area contributed by atoms with Crippen molar-refractivity contribution in [3.63, 3.8) is 0 Å². The maximum atomic E-state index is 4.64. The first-order chi connectivity index (χ1) is 4.06. The van der Waals surface area contributed by atoms with Gasteiger partial charge in [0.1, 0.15) is 0 Å². The molecule has 0 fully saturated rings. The number of hydrogen-bond donors (Lipinski definition) is 1. The molecule has 0 rings (SSSR count). The summed E-state index contributed by atoms with van der Waals surface area (Å²) in [6.07, 6.45) is 2.40. The van der Waals surface area contributed by atoms with Crippen LogP contribution in [0.5, 0.6) is 0 Å². The van der Waals surface area contributed by atoms with Gasteiger partial charge in [0, 0.05) is 4.49 Å². The molecule has 0 unspecified atom stereocenters.